The maximum atomic E-state index is 12.4. The van der Waals surface area contributed by atoms with Crippen LogP contribution in [0.25, 0.3) is 5.52 Å². The molecule has 0 saturated carbocycles. The van der Waals surface area contributed by atoms with Gasteiger partial charge in [0.15, 0.2) is 5.82 Å². The zero-order valence-corrected chi connectivity index (χ0v) is 13.5. The quantitative estimate of drug-likeness (QED) is 0.761. The Morgan fingerprint density at radius 3 is 2.84 bits per heavy atom. The number of ether oxygens (including phenoxy) is 1. The Morgan fingerprint density at radius 1 is 1.24 bits per heavy atom. The summed E-state index contributed by atoms with van der Waals surface area (Å²) in [7, 11) is 0. The number of rotatable bonds is 4. The fraction of sp³-hybridized carbons (Fsp3) is 0.278. The molecular formula is C18H18N4O3. The van der Waals surface area contributed by atoms with E-state index in [1.165, 1.54) is 6.33 Å². The molecule has 2 unspecified atom stereocenters. The Labute approximate surface area is 144 Å². The first kappa shape index (κ1) is 15.7. The fourth-order valence-corrected chi connectivity index (χ4v) is 3.12. The molecule has 0 radical (unpaired) electrons. The van der Waals surface area contributed by atoms with E-state index in [0.717, 1.165) is 18.5 Å². The van der Waals surface area contributed by atoms with E-state index in [2.05, 4.69) is 15.4 Å². The number of aliphatic hydroxyl groups excluding tert-OH is 1. The molecular weight excluding hydrogens is 320 g/mol. The second kappa shape index (κ2) is 6.62. The molecule has 1 aromatic carbocycles. The van der Waals surface area contributed by atoms with Crippen LogP contribution in [0.5, 0.6) is 0 Å². The Bertz CT molecular complexity index is 894. The normalized spacial score (nSPS) is 20.0. The largest absolute Gasteiger partial charge is 0.394 e. The summed E-state index contributed by atoms with van der Waals surface area (Å²) in [5.41, 5.74) is 2.16. The molecule has 7 nitrogen and oxygen atoms in total. The van der Waals surface area contributed by atoms with Crippen LogP contribution in [0.3, 0.4) is 0 Å². The smallest absolute Gasteiger partial charge is 0.256 e. The molecule has 1 saturated heterocycles. The summed E-state index contributed by atoms with van der Waals surface area (Å²) in [6, 6.07) is 12.8. The number of nitrogens with zero attached hydrogens (tertiary/aromatic N) is 3. The molecule has 0 bridgehead atoms. The summed E-state index contributed by atoms with van der Waals surface area (Å²) in [5, 5.41) is 16.4. The predicted octanol–water partition coefficient (Wildman–Crippen LogP) is 2.19. The van der Waals surface area contributed by atoms with Gasteiger partial charge in [0.2, 0.25) is 0 Å². The van der Waals surface area contributed by atoms with Gasteiger partial charge < -0.3 is 15.2 Å². The average Bonchev–Trinajstić information content (AvgIpc) is 3.29. The van der Waals surface area contributed by atoms with Gasteiger partial charge >= 0.3 is 0 Å². The Morgan fingerprint density at radius 2 is 2.08 bits per heavy atom. The summed E-state index contributed by atoms with van der Waals surface area (Å²) < 4.78 is 7.57. The molecule has 1 aliphatic rings. The molecule has 4 rings (SSSR count). The van der Waals surface area contributed by atoms with Crippen molar-refractivity contribution in [2.75, 3.05) is 11.9 Å². The average molecular weight is 338 g/mol. The van der Waals surface area contributed by atoms with E-state index in [0.29, 0.717) is 16.9 Å². The number of benzene rings is 1. The van der Waals surface area contributed by atoms with Crippen molar-refractivity contribution in [3.05, 3.63) is 60.0 Å². The minimum absolute atomic E-state index is 0.0210. The van der Waals surface area contributed by atoms with Crippen LogP contribution in [0.2, 0.25) is 0 Å². The molecule has 2 N–H and O–H groups in total. The molecule has 2 aromatic heterocycles. The van der Waals surface area contributed by atoms with Gasteiger partial charge in [-0.1, -0.05) is 18.2 Å². The van der Waals surface area contributed by atoms with Crippen molar-refractivity contribution in [2.45, 2.75) is 25.0 Å². The third kappa shape index (κ3) is 2.99. The number of hydrogen-bond acceptors (Lipinski definition) is 5. The summed E-state index contributed by atoms with van der Waals surface area (Å²) in [6.07, 6.45) is 2.81. The van der Waals surface area contributed by atoms with Gasteiger partial charge in [-0.2, -0.15) is 5.10 Å². The molecule has 128 valence electrons. The molecule has 2 atom stereocenters. The summed E-state index contributed by atoms with van der Waals surface area (Å²) in [4.78, 5) is 16.6. The number of anilines is 1. The lowest BCUT2D eigenvalue weighted by molar-refractivity contribution is 0.00856. The number of amides is 1. The van der Waals surface area contributed by atoms with Crippen LogP contribution in [0.4, 0.5) is 5.82 Å². The van der Waals surface area contributed by atoms with Crippen molar-refractivity contribution in [1.29, 1.82) is 0 Å². The van der Waals surface area contributed by atoms with Gasteiger partial charge in [-0.25, -0.2) is 9.50 Å². The first-order chi connectivity index (χ1) is 12.3. The zero-order chi connectivity index (χ0) is 17.2. The van der Waals surface area contributed by atoms with Crippen LogP contribution in [0, 0.1) is 0 Å². The second-order valence-electron chi connectivity index (χ2n) is 5.99. The molecule has 3 aromatic rings. The molecule has 3 heterocycles. The standard InChI is InChI=1S/C18H18N4O3/c23-10-13-6-9-16(25-13)14-7-8-15-17(19-11-20-22(14)15)21-18(24)12-4-2-1-3-5-12/h1-5,7-8,11,13,16,23H,6,9-10H2,(H,19,20,21,24). The van der Waals surface area contributed by atoms with E-state index in [9.17, 15) is 9.90 Å². The number of fused-ring (bicyclic) bond motifs is 1. The monoisotopic (exact) mass is 338 g/mol. The highest BCUT2D eigenvalue weighted by molar-refractivity contribution is 6.05. The molecule has 0 spiro atoms. The third-order valence-electron chi connectivity index (χ3n) is 4.39. The SMILES string of the molecule is O=C(Nc1ncnn2c(C3CCC(CO)O3)ccc12)c1ccccc1. The van der Waals surface area contributed by atoms with Gasteiger partial charge in [0.05, 0.1) is 18.4 Å². The molecule has 1 aliphatic heterocycles. The van der Waals surface area contributed by atoms with Crippen molar-refractivity contribution in [3.63, 3.8) is 0 Å². The molecule has 1 fully saturated rings. The highest BCUT2D eigenvalue weighted by Gasteiger charge is 2.28. The summed E-state index contributed by atoms with van der Waals surface area (Å²) in [5.74, 6) is 0.230. The van der Waals surface area contributed by atoms with E-state index in [1.54, 1.807) is 16.6 Å². The van der Waals surface area contributed by atoms with Crippen LogP contribution in [0.15, 0.2) is 48.8 Å². The first-order valence-electron chi connectivity index (χ1n) is 8.21. The number of carbonyl (C=O) groups is 1. The van der Waals surface area contributed by atoms with E-state index in [4.69, 9.17) is 4.74 Å². The fourth-order valence-electron chi connectivity index (χ4n) is 3.12. The van der Waals surface area contributed by atoms with E-state index in [1.807, 2.05) is 30.3 Å². The lowest BCUT2D eigenvalue weighted by atomic mass is 10.1. The highest BCUT2D eigenvalue weighted by Crippen LogP contribution is 2.33. The molecule has 0 aliphatic carbocycles. The second-order valence-corrected chi connectivity index (χ2v) is 5.99. The first-order valence-corrected chi connectivity index (χ1v) is 8.21. The van der Waals surface area contributed by atoms with Crippen LogP contribution in [-0.4, -0.2) is 38.3 Å². The minimum atomic E-state index is -0.221. The molecule has 7 heteroatoms. The molecule has 25 heavy (non-hydrogen) atoms. The highest BCUT2D eigenvalue weighted by atomic mass is 16.5. The van der Waals surface area contributed by atoms with Crippen LogP contribution < -0.4 is 5.32 Å². The van der Waals surface area contributed by atoms with E-state index < -0.39 is 0 Å². The van der Waals surface area contributed by atoms with Crippen molar-refractivity contribution in [2.24, 2.45) is 0 Å². The van der Waals surface area contributed by atoms with Gasteiger partial charge in [0, 0.05) is 5.56 Å². The Hall–Kier alpha value is -2.77. The van der Waals surface area contributed by atoms with Gasteiger partial charge in [-0.3, -0.25) is 4.79 Å². The number of aliphatic hydroxyl groups is 1. The van der Waals surface area contributed by atoms with Gasteiger partial charge in [-0.15, -0.1) is 0 Å². The van der Waals surface area contributed by atoms with Crippen molar-refractivity contribution < 1.29 is 14.6 Å². The maximum absolute atomic E-state index is 12.4. The Balaban J connectivity index is 1.62. The number of carbonyl (C=O) groups excluding carboxylic acids is 1. The van der Waals surface area contributed by atoms with Crippen molar-refractivity contribution in [1.82, 2.24) is 14.6 Å². The minimum Gasteiger partial charge on any atom is -0.394 e. The Kier molecular flexibility index (Phi) is 4.17. The zero-order valence-electron chi connectivity index (χ0n) is 13.5. The van der Waals surface area contributed by atoms with Crippen LogP contribution >= 0.6 is 0 Å². The molecule has 1 amide bonds. The van der Waals surface area contributed by atoms with E-state index >= 15 is 0 Å². The van der Waals surface area contributed by atoms with Gasteiger partial charge in [-0.05, 0) is 37.1 Å². The van der Waals surface area contributed by atoms with Crippen molar-refractivity contribution >= 4 is 17.2 Å². The van der Waals surface area contributed by atoms with Gasteiger partial charge in [0.25, 0.3) is 5.91 Å². The van der Waals surface area contributed by atoms with Crippen molar-refractivity contribution in [3.8, 4) is 0 Å². The number of hydrogen-bond donors (Lipinski definition) is 2. The van der Waals surface area contributed by atoms with Crippen LogP contribution in [0.1, 0.15) is 35.0 Å². The summed E-state index contributed by atoms with van der Waals surface area (Å²) >= 11 is 0. The van der Waals surface area contributed by atoms with E-state index in [-0.39, 0.29) is 24.7 Å². The van der Waals surface area contributed by atoms with Gasteiger partial charge in [0.1, 0.15) is 17.9 Å². The third-order valence-corrected chi connectivity index (χ3v) is 4.39. The number of nitrogens with one attached hydrogen (secondary N) is 1. The lowest BCUT2D eigenvalue weighted by Gasteiger charge is -2.12. The summed E-state index contributed by atoms with van der Waals surface area (Å²) in [6.45, 7) is 0.0210. The predicted molar refractivity (Wildman–Crippen MR) is 91.3 cm³/mol. The number of aromatic nitrogens is 3. The van der Waals surface area contributed by atoms with Crippen LogP contribution in [-0.2, 0) is 4.74 Å². The maximum Gasteiger partial charge on any atom is 0.256 e. The topological polar surface area (TPSA) is 88.8 Å². The lowest BCUT2D eigenvalue weighted by Crippen LogP contribution is -2.15.